The van der Waals surface area contributed by atoms with Crippen molar-refractivity contribution in [1.29, 1.82) is 0 Å². The van der Waals surface area contributed by atoms with E-state index in [9.17, 15) is 13.2 Å². The van der Waals surface area contributed by atoms with Gasteiger partial charge in [-0.15, -0.1) is 0 Å². The molecule has 0 fully saturated rings. The Bertz CT molecular complexity index is 900. The zero-order chi connectivity index (χ0) is 18.0. The lowest BCUT2D eigenvalue weighted by Crippen LogP contribution is -2.13. The number of aromatic nitrogens is 3. The third kappa shape index (κ3) is 3.93. The predicted molar refractivity (Wildman–Crippen MR) is 85.7 cm³/mol. The van der Waals surface area contributed by atoms with Crippen LogP contribution >= 0.6 is 12.2 Å². The molecule has 132 valence electrons. The number of furan rings is 1. The summed E-state index contributed by atoms with van der Waals surface area (Å²) < 4.78 is 51.4. The first-order valence-corrected chi connectivity index (χ1v) is 7.77. The minimum absolute atomic E-state index is 0.0980. The third-order valence-corrected chi connectivity index (χ3v) is 3.83. The first kappa shape index (κ1) is 17.3. The summed E-state index contributed by atoms with van der Waals surface area (Å²) in [5.41, 5.74) is -0.772. The van der Waals surface area contributed by atoms with Gasteiger partial charge in [0, 0.05) is 0 Å². The molecule has 2 heterocycles. The highest BCUT2D eigenvalue weighted by Gasteiger charge is 2.30. The second kappa shape index (κ2) is 6.75. The highest BCUT2D eigenvalue weighted by molar-refractivity contribution is 7.71. The number of nitrogens with zero attached hydrogens (tertiary/aromatic N) is 2. The van der Waals surface area contributed by atoms with Crippen molar-refractivity contribution in [3.05, 3.63) is 64.6 Å². The topological polar surface area (TPSA) is 56.0 Å². The Morgan fingerprint density at radius 2 is 2.12 bits per heavy atom. The molecule has 9 heteroatoms. The summed E-state index contributed by atoms with van der Waals surface area (Å²) in [4.78, 5) is 0. The zero-order valence-corrected chi connectivity index (χ0v) is 13.9. The number of hydrogen-bond acceptors (Lipinski definition) is 4. The first-order chi connectivity index (χ1) is 11.8. The normalized spacial score (nSPS) is 13.0. The van der Waals surface area contributed by atoms with Gasteiger partial charge in [0.05, 0.1) is 18.4 Å². The van der Waals surface area contributed by atoms with Gasteiger partial charge in [0.2, 0.25) is 0 Å². The maximum atomic E-state index is 12.8. The summed E-state index contributed by atoms with van der Waals surface area (Å²) in [6.45, 7) is 2.03. The Balaban J connectivity index is 1.83. The molecule has 1 aromatic carbocycles. The molecule has 0 saturated heterocycles. The zero-order valence-electron chi connectivity index (χ0n) is 13.1. The maximum absolute atomic E-state index is 12.8. The van der Waals surface area contributed by atoms with Gasteiger partial charge in [0.15, 0.2) is 16.7 Å². The average molecular weight is 369 g/mol. The van der Waals surface area contributed by atoms with E-state index in [1.807, 2.05) is 0 Å². The van der Waals surface area contributed by atoms with Gasteiger partial charge in [-0.1, -0.05) is 6.07 Å². The second-order valence-corrected chi connectivity index (χ2v) is 5.72. The van der Waals surface area contributed by atoms with Crippen molar-refractivity contribution in [2.24, 2.45) is 0 Å². The number of rotatable bonds is 5. The standard InChI is InChI=1S/C16H14F3N3O2S/c1-10(24-12-5-2-4-11(8-12)16(17,18)19)14-20-21-15(25)22(14)9-13-6-3-7-23-13/h2-8,10H,9H2,1H3,(H,21,25)/t10-/m1/s1. The molecule has 0 bridgehead atoms. The van der Waals surface area contributed by atoms with E-state index in [1.54, 1.807) is 29.9 Å². The molecule has 0 amide bonds. The molecule has 1 atom stereocenters. The van der Waals surface area contributed by atoms with Crippen LogP contribution in [0.25, 0.3) is 0 Å². The number of ether oxygens (including phenoxy) is 1. The van der Waals surface area contributed by atoms with Crippen molar-refractivity contribution in [2.45, 2.75) is 25.7 Å². The number of hydrogen-bond donors (Lipinski definition) is 1. The monoisotopic (exact) mass is 369 g/mol. The molecular formula is C16H14F3N3O2S. The van der Waals surface area contributed by atoms with Crippen molar-refractivity contribution in [2.75, 3.05) is 0 Å². The smallest absolute Gasteiger partial charge is 0.416 e. The summed E-state index contributed by atoms with van der Waals surface area (Å²) >= 11 is 5.20. The Kier molecular flexibility index (Phi) is 4.67. The second-order valence-electron chi connectivity index (χ2n) is 5.34. The van der Waals surface area contributed by atoms with E-state index < -0.39 is 17.8 Å². The van der Waals surface area contributed by atoms with E-state index in [2.05, 4.69) is 10.2 Å². The van der Waals surface area contributed by atoms with Crippen LogP contribution in [0.15, 0.2) is 47.1 Å². The van der Waals surface area contributed by atoms with Crippen LogP contribution in [0.2, 0.25) is 0 Å². The number of aromatic amines is 1. The summed E-state index contributed by atoms with van der Waals surface area (Å²) in [5, 5.41) is 6.79. The van der Waals surface area contributed by atoms with Crippen LogP contribution in [0.1, 0.15) is 30.2 Å². The molecule has 0 saturated carbocycles. The van der Waals surface area contributed by atoms with Gasteiger partial charge in [0.1, 0.15) is 11.5 Å². The Morgan fingerprint density at radius 3 is 2.80 bits per heavy atom. The molecule has 25 heavy (non-hydrogen) atoms. The minimum Gasteiger partial charge on any atom is -0.483 e. The Hall–Kier alpha value is -2.55. The van der Waals surface area contributed by atoms with Crippen molar-refractivity contribution >= 4 is 12.2 Å². The lowest BCUT2D eigenvalue weighted by atomic mass is 10.2. The Morgan fingerprint density at radius 1 is 1.32 bits per heavy atom. The van der Waals surface area contributed by atoms with E-state index >= 15 is 0 Å². The number of nitrogens with one attached hydrogen (secondary N) is 1. The molecule has 3 rings (SSSR count). The molecule has 0 unspecified atom stereocenters. The molecule has 0 aliphatic heterocycles. The van der Waals surface area contributed by atoms with E-state index in [0.29, 0.717) is 22.9 Å². The van der Waals surface area contributed by atoms with Gasteiger partial charge >= 0.3 is 6.18 Å². The lowest BCUT2D eigenvalue weighted by Gasteiger charge is -2.16. The van der Waals surface area contributed by atoms with Gasteiger partial charge in [-0.2, -0.15) is 18.3 Å². The molecule has 1 N–H and O–H groups in total. The van der Waals surface area contributed by atoms with Crippen LogP contribution in [-0.2, 0) is 12.7 Å². The molecule has 5 nitrogen and oxygen atoms in total. The van der Waals surface area contributed by atoms with Crippen LogP contribution < -0.4 is 4.74 Å². The fourth-order valence-electron chi connectivity index (χ4n) is 2.35. The molecule has 0 aliphatic rings. The molecule has 0 aliphatic carbocycles. The van der Waals surface area contributed by atoms with E-state index in [0.717, 1.165) is 12.1 Å². The largest absolute Gasteiger partial charge is 0.483 e. The van der Waals surface area contributed by atoms with Crippen molar-refractivity contribution in [3.8, 4) is 5.75 Å². The quantitative estimate of drug-likeness (QED) is 0.660. The summed E-state index contributed by atoms with van der Waals surface area (Å²) in [6, 6.07) is 8.24. The van der Waals surface area contributed by atoms with Crippen LogP contribution in [0.3, 0.4) is 0 Å². The number of halogens is 3. The molecule has 3 aromatic rings. The highest BCUT2D eigenvalue weighted by atomic mass is 32.1. The van der Waals surface area contributed by atoms with E-state index in [4.69, 9.17) is 21.4 Å². The van der Waals surface area contributed by atoms with Crippen LogP contribution in [0, 0.1) is 4.77 Å². The fraction of sp³-hybridized carbons (Fsp3) is 0.250. The highest BCUT2D eigenvalue weighted by Crippen LogP contribution is 2.32. The van der Waals surface area contributed by atoms with Gasteiger partial charge < -0.3 is 9.15 Å². The van der Waals surface area contributed by atoms with Crippen molar-refractivity contribution in [1.82, 2.24) is 14.8 Å². The summed E-state index contributed by atoms with van der Waals surface area (Å²) in [6.07, 6.45) is -3.50. The summed E-state index contributed by atoms with van der Waals surface area (Å²) in [7, 11) is 0. The fourth-order valence-corrected chi connectivity index (χ4v) is 2.56. The van der Waals surface area contributed by atoms with Crippen molar-refractivity contribution in [3.63, 3.8) is 0 Å². The number of alkyl halides is 3. The molecule has 0 spiro atoms. The van der Waals surface area contributed by atoms with Gasteiger partial charge in [-0.25, -0.2) is 0 Å². The number of benzene rings is 1. The predicted octanol–water partition coefficient (Wildman–Crippen LogP) is 4.74. The average Bonchev–Trinajstić information content (AvgIpc) is 3.18. The SMILES string of the molecule is C[C@@H](Oc1cccc(C(F)(F)F)c1)c1n[nH]c(=S)n1Cc1ccco1. The third-order valence-electron chi connectivity index (χ3n) is 3.52. The summed E-state index contributed by atoms with van der Waals surface area (Å²) in [5.74, 6) is 1.23. The number of H-pyrrole nitrogens is 1. The van der Waals surface area contributed by atoms with Crippen LogP contribution in [-0.4, -0.2) is 14.8 Å². The van der Waals surface area contributed by atoms with Gasteiger partial charge in [-0.3, -0.25) is 9.67 Å². The van der Waals surface area contributed by atoms with Crippen LogP contribution in [0.4, 0.5) is 13.2 Å². The van der Waals surface area contributed by atoms with Gasteiger partial charge in [0.25, 0.3) is 0 Å². The molecule has 2 aromatic heterocycles. The first-order valence-electron chi connectivity index (χ1n) is 7.36. The Labute approximate surface area is 146 Å². The molecular weight excluding hydrogens is 355 g/mol. The maximum Gasteiger partial charge on any atom is 0.416 e. The van der Waals surface area contributed by atoms with Crippen LogP contribution in [0.5, 0.6) is 5.75 Å². The van der Waals surface area contributed by atoms with Crippen molar-refractivity contribution < 1.29 is 22.3 Å². The minimum atomic E-state index is -4.43. The molecule has 0 radical (unpaired) electrons. The van der Waals surface area contributed by atoms with E-state index in [1.165, 1.54) is 12.1 Å². The van der Waals surface area contributed by atoms with E-state index in [-0.39, 0.29) is 5.75 Å². The van der Waals surface area contributed by atoms with Gasteiger partial charge in [-0.05, 0) is 49.5 Å². The lowest BCUT2D eigenvalue weighted by molar-refractivity contribution is -0.137.